The maximum absolute atomic E-state index is 12.2. The number of hydrogen-bond acceptors (Lipinski definition) is 6. The van der Waals surface area contributed by atoms with Gasteiger partial charge in [-0.1, -0.05) is 24.3 Å². The van der Waals surface area contributed by atoms with Crippen molar-refractivity contribution in [1.29, 1.82) is 0 Å². The maximum Gasteiger partial charge on any atom is 0.373 e. The van der Waals surface area contributed by atoms with Gasteiger partial charge in [-0.25, -0.2) is 4.79 Å². The first-order valence-electron chi connectivity index (χ1n) is 9.89. The maximum atomic E-state index is 12.2. The lowest BCUT2D eigenvalue weighted by molar-refractivity contribution is -0.142. The van der Waals surface area contributed by atoms with E-state index >= 15 is 0 Å². The number of amides is 1. The Kier molecular flexibility index (Phi) is 7.32. The Hall–Kier alpha value is -3.48. The smallest absolute Gasteiger partial charge is 0.373 e. The van der Waals surface area contributed by atoms with Gasteiger partial charge < -0.3 is 23.8 Å². The first-order valence-corrected chi connectivity index (χ1v) is 9.89. The molecule has 0 unspecified atom stereocenters. The Morgan fingerprint density at radius 2 is 1.80 bits per heavy atom. The highest BCUT2D eigenvalue weighted by atomic mass is 16.6. The number of hydrogen-bond donors (Lipinski definition) is 0. The van der Waals surface area contributed by atoms with Crippen LogP contribution in [0.25, 0.3) is 6.08 Å². The van der Waals surface area contributed by atoms with Gasteiger partial charge >= 0.3 is 5.97 Å². The highest BCUT2D eigenvalue weighted by Gasteiger charge is 2.24. The van der Waals surface area contributed by atoms with Gasteiger partial charge in [0.05, 0.1) is 25.4 Å². The van der Waals surface area contributed by atoms with Crippen molar-refractivity contribution in [2.45, 2.75) is 13.8 Å². The topological polar surface area (TPSA) is 74.3 Å². The molecule has 1 aliphatic rings. The van der Waals surface area contributed by atoms with Crippen molar-refractivity contribution in [2.24, 2.45) is 0 Å². The lowest BCUT2D eigenvalue weighted by Crippen LogP contribution is -2.41. The van der Waals surface area contributed by atoms with Crippen molar-refractivity contribution in [3.8, 4) is 11.5 Å². The highest BCUT2D eigenvalue weighted by molar-refractivity contribution is 5.97. The Balaban J connectivity index is 1.59. The van der Waals surface area contributed by atoms with E-state index in [0.29, 0.717) is 31.3 Å². The third kappa shape index (κ3) is 5.31. The molecule has 0 bridgehead atoms. The summed E-state index contributed by atoms with van der Waals surface area (Å²) in [4.78, 5) is 25.8. The van der Waals surface area contributed by atoms with Gasteiger partial charge in [-0.05, 0) is 49.8 Å². The Morgan fingerprint density at radius 1 is 1.07 bits per heavy atom. The molecular formula is C23H25NO6. The van der Waals surface area contributed by atoms with E-state index in [4.69, 9.17) is 18.9 Å². The molecule has 7 nitrogen and oxygen atoms in total. The van der Waals surface area contributed by atoms with E-state index in [9.17, 15) is 9.59 Å². The van der Waals surface area contributed by atoms with Gasteiger partial charge in [-0.2, -0.15) is 0 Å². The molecule has 158 valence electrons. The van der Waals surface area contributed by atoms with Crippen LogP contribution in [-0.4, -0.2) is 44.8 Å². The van der Waals surface area contributed by atoms with Crippen LogP contribution in [0.2, 0.25) is 0 Å². The number of nitrogens with zero attached hydrogens (tertiary/aromatic N) is 1. The molecular weight excluding hydrogens is 386 g/mol. The van der Waals surface area contributed by atoms with E-state index in [1.165, 1.54) is 0 Å². The Labute approximate surface area is 175 Å². The first kappa shape index (κ1) is 21.2. The summed E-state index contributed by atoms with van der Waals surface area (Å²) in [7, 11) is 0. The first-order chi connectivity index (χ1) is 14.6. The van der Waals surface area contributed by atoms with Gasteiger partial charge in [0.2, 0.25) is 5.76 Å². The predicted molar refractivity (Wildman–Crippen MR) is 112 cm³/mol. The number of anilines is 1. The molecule has 0 saturated heterocycles. The number of esters is 1. The van der Waals surface area contributed by atoms with Crippen molar-refractivity contribution in [2.75, 3.05) is 37.9 Å². The Morgan fingerprint density at radius 3 is 2.53 bits per heavy atom. The number of benzene rings is 2. The lowest BCUT2D eigenvalue weighted by Gasteiger charge is -2.29. The summed E-state index contributed by atoms with van der Waals surface area (Å²) in [5.41, 5.74) is 1.54. The van der Waals surface area contributed by atoms with Gasteiger partial charge in [0, 0.05) is 0 Å². The third-order valence-electron chi connectivity index (χ3n) is 4.35. The van der Waals surface area contributed by atoms with Crippen LogP contribution in [-0.2, 0) is 19.1 Å². The largest absolute Gasteiger partial charge is 0.492 e. The van der Waals surface area contributed by atoms with Gasteiger partial charge in [-0.3, -0.25) is 4.79 Å². The molecule has 30 heavy (non-hydrogen) atoms. The summed E-state index contributed by atoms with van der Waals surface area (Å²) in [5, 5.41) is 0. The number of para-hydroxylation sites is 2. The van der Waals surface area contributed by atoms with Crippen LogP contribution in [0.4, 0.5) is 5.69 Å². The van der Waals surface area contributed by atoms with E-state index < -0.39 is 5.97 Å². The van der Waals surface area contributed by atoms with Crippen molar-refractivity contribution in [1.82, 2.24) is 0 Å². The van der Waals surface area contributed by atoms with Crippen molar-refractivity contribution in [3.63, 3.8) is 0 Å². The molecule has 0 fully saturated rings. The van der Waals surface area contributed by atoms with Crippen LogP contribution in [0.1, 0.15) is 19.4 Å². The molecule has 2 aromatic carbocycles. The number of ether oxygens (including phenoxy) is 4. The second-order valence-corrected chi connectivity index (χ2v) is 6.38. The SMILES string of the molecule is CCOC(=O)/C(=C/c1ccc(OCCN2C(=O)COc3ccccc32)cc1)OCC. The van der Waals surface area contributed by atoms with E-state index in [0.717, 1.165) is 11.3 Å². The fourth-order valence-electron chi connectivity index (χ4n) is 2.98. The quantitative estimate of drug-likeness (QED) is 0.358. The zero-order valence-electron chi connectivity index (χ0n) is 17.1. The summed E-state index contributed by atoms with van der Waals surface area (Å²) in [6, 6.07) is 14.7. The molecule has 0 radical (unpaired) electrons. The number of carbonyl (C=O) groups excluding carboxylic acids is 2. The number of carbonyl (C=O) groups is 2. The van der Waals surface area contributed by atoms with Crippen LogP contribution in [0, 0.1) is 0 Å². The normalized spacial score (nSPS) is 13.3. The molecule has 0 N–H and O–H groups in total. The summed E-state index contributed by atoms with van der Waals surface area (Å²) >= 11 is 0. The summed E-state index contributed by atoms with van der Waals surface area (Å²) in [6.07, 6.45) is 1.63. The van der Waals surface area contributed by atoms with Crippen LogP contribution in [0.5, 0.6) is 11.5 Å². The van der Waals surface area contributed by atoms with Crippen molar-refractivity contribution < 1.29 is 28.5 Å². The molecule has 0 atom stereocenters. The van der Waals surface area contributed by atoms with Crippen molar-refractivity contribution in [3.05, 3.63) is 59.9 Å². The molecule has 3 rings (SSSR count). The molecule has 1 heterocycles. The minimum absolute atomic E-state index is 0.0284. The fourth-order valence-corrected chi connectivity index (χ4v) is 2.98. The monoisotopic (exact) mass is 411 g/mol. The third-order valence-corrected chi connectivity index (χ3v) is 4.35. The van der Waals surface area contributed by atoms with Crippen LogP contribution >= 0.6 is 0 Å². The lowest BCUT2D eigenvalue weighted by atomic mass is 10.2. The molecule has 0 spiro atoms. The van der Waals surface area contributed by atoms with Gasteiger partial charge in [0.25, 0.3) is 5.91 Å². The van der Waals surface area contributed by atoms with Gasteiger partial charge in [-0.15, -0.1) is 0 Å². The highest BCUT2D eigenvalue weighted by Crippen LogP contribution is 2.31. The molecule has 1 amide bonds. The summed E-state index contributed by atoms with van der Waals surface area (Å²) in [5.74, 6) is 0.933. The molecule has 0 aliphatic carbocycles. The molecule has 2 aromatic rings. The summed E-state index contributed by atoms with van der Waals surface area (Å²) < 4.78 is 21.6. The van der Waals surface area contributed by atoms with Crippen LogP contribution in [0.15, 0.2) is 54.3 Å². The van der Waals surface area contributed by atoms with E-state index in [-0.39, 0.29) is 24.9 Å². The van der Waals surface area contributed by atoms with Gasteiger partial charge in [0.1, 0.15) is 18.1 Å². The van der Waals surface area contributed by atoms with Crippen molar-refractivity contribution >= 4 is 23.6 Å². The minimum atomic E-state index is -0.491. The standard InChI is InChI=1S/C23H25NO6/c1-3-27-21(23(26)28-4-2)15-17-9-11-18(12-10-17)29-14-13-24-19-7-5-6-8-20(19)30-16-22(24)25/h5-12,15H,3-4,13-14,16H2,1-2H3/b21-15-. The van der Waals surface area contributed by atoms with Crippen LogP contribution < -0.4 is 14.4 Å². The van der Waals surface area contributed by atoms with E-state index in [1.807, 2.05) is 43.3 Å². The zero-order valence-corrected chi connectivity index (χ0v) is 17.1. The Bertz CT molecular complexity index is 906. The molecule has 1 aliphatic heterocycles. The fraction of sp³-hybridized carbons (Fsp3) is 0.304. The minimum Gasteiger partial charge on any atom is -0.492 e. The zero-order chi connectivity index (χ0) is 21.3. The molecule has 0 saturated carbocycles. The number of fused-ring (bicyclic) bond motifs is 1. The molecule has 7 heteroatoms. The van der Waals surface area contributed by atoms with E-state index in [1.54, 1.807) is 30.0 Å². The average molecular weight is 411 g/mol. The summed E-state index contributed by atoms with van der Waals surface area (Å²) in [6.45, 7) is 4.99. The number of rotatable bonds is 9. The van der Waals surface area contributed by atoms with Crippen LogP contribution in [0.3, 0.4) is 0 Å². The predicted octanol–water partition coefficient (Wildman–Crippen LogP) is 3.43. The molecule has 0 aromatic heterocycles. The van der Waals surface area contributed by atoms with Gasteiger partial charge in [0.15, 0.2) is 6.61 Å². The second kappa shape index (κ2) is 10.3. The van der Waals surface area contributed by atoms with E-state index in [2.05, 4.69) is 0 Å². The second-order valence-electron chi connectivity index (χ2n) is 6.38. The average Bonchev–Trinajstić information content (AvgIpc) is 2.76.